The number of hydrogen-bond acceptors (Lipinski definition) is 5. The topological polar surface area (TPSA) is 46.5 Å². The Balaban J connectivity index is 2.04. The van der Waals surface area contributed by atoms with Gasteiger partial charge in [0.05, 0.1) is 11.9 Å². The molecule has 0 fully saturated rings. The Morgan fingerprint density at radius 1 is 1.52 bits per heavy atom. The molecule has 0 unspecified atom stereocenters. The predicted octanol–water partition coefficient (Wildman–Crippen LogP) is 3.47. The van der Waals surface area contributed by atoms with E-state index in [1.54, 1.807) is 6.21 Å². The summed E-state index contributed by atoms with van der Waals surface area (Å²) in [4.78, 5) is 4.28. The Kier molecular flexibility index (Phi) is 5.35. The lowest BCUT2D eigenvalue weighted by atomic mass is 10.1. The molecule has 0 aliphatic rings. The maximum Gasteiger partial charge on any atom is 0.203 e. The van der Waals surface area contributed by atoms with Crippen LogP contribution in [0.25, 0.3) is 0 Å². The summed E-state index contributed by atoms with van der Waals surface area (Å²) in [5, 5.41) is 6.95. The number of hydrogen-bond donors (Lipinski definition) is 1. The van der Waals surface area contributed by atoms with Crippen molar-refractivity contribution >= 4 is 22.7 Å². The van der Waals surface area contributed by atoms with Gasteiger partial charge in [0.1, 0.15) is 12.4 Å². The third kappa shape index (κ3) is 4.33. The van der Waals surface area contributed by atoms with Crippen LogP contribution in [0.15, 0.2) is 28.7 Å². The smallest absolute Gasteiger partial charge is 0.203 e. The van der Waals surface area contributed by atoms with Gasteiger partial charge in [0.15, 0.2) is 0 Å². The molecule has 0 saturated carbocycles. The first kappa shape index (κ1) is 15.1. The average Bonchev–Trinajstić information content (AvgIpc) is 2.91. The van der Waals surface area contributed by atoms with Crippen molar-refractivity contribution in [3.05, 3.63) is 40.4 Å². The molecule has 2 aromatic rings. The normalized spacial score (nSPS) is 10.5. The highest BCUT2D eigenvalue weighted by atomic mass is 32.1. The number of benzene rings is 1. The van der Waals surface area contributed by atoms with Gasteiger partial charge >= 0.3 is 0 Å². The number of nitrogens with zero attached hydrogens (tertiary/aromatic N) is 2. The van der Waals surface area contributed by atoms with Crippen LogP contribution in [0.4, 0.5) is 5.13 Å². The van der Waals surface area contributed by atoms with E-state index in [0.717, 1.165) is 34.1 Å². The van der Waals surface area contributed by atoms with Gasteiger partial charge in [-0.05, 0) is 42.7 Å². The number of aromatic nitrogens is 1. The molecule has 108 valence electrons. The summed E-state index contributed by atoms with van der Waals surface area (Å²) >= 11 is 1.53. The first-order chi connectivity index (χ1) is 10.2. The van der Waals surface area contributed by atoms with Crippen LogP contribution in [0, 0.1) is 19.3 Å². The summed E-state index contributed by atoms with van der Waals surface area (Å²) < 4.78 is 5.50. The number of hydrazone groups is 1. The molecule has 0 aliphatic heterocycles. The first-order valence-electron chi connectivity index (χ1n) is 6.63. The monoisotopic (exact) mass is 299 g/mol. The highest BCUT2D eigenvalue weighted by Crippen LogP contribution is 2.20. The quantitative estimate of drug-likeness (QED) is 0.505. The Bertz CT molecular complexity index is 670. The number of anilines is 1. The lowest BCUT2D eigenvalue weighted by Crippen LogP contribution is -1.98. The van der Waals surface area contributed by atoms with Crippen molar-refractivity contribution in [3.63, 3.8) is 0 Å². The van der Waals surface area contributed by atoms with E-state index in [4.69, 9.17) is 11.2 Å². The molecule has 0 radical (unpaired) electrons. The zero-order chi connectivity index (χ0) is 15.1. The number of ether oxygens (including phenoxy) is 1. The van der Waals surface area contributed by atoms with E-state index >= 15 is 0 Å². The summed E-state index contributed by atoms with van der Waals surface area (Å²) in [5.41, 5.74) is 6.02. The van der Waals surface area contributed by atoms with E-state index in [-0.39, 0.29) is 6.61 Å². The SMILES string of the molecule is C#CCOc1ccc(C=NNc2nc(C)cs2)cc1CC. The third-order valence-corrected chi connectivity index (χ3v) is 3.63. The summed E-state index contributed by atoms with van der Waals surface area (Å²) in [6.07, 6.45) is 7.85. The van der Waals surface area contributed by atoms with Crippen LogP contribution >= 0.6 is 11.3 Å². The predicted molar refractivity (Wildman–Crippen MR) is 88.2 cm³/mol. The molecule has 1 heterocycles. The molecule has 0 spiro atoms. The van der Waals surface area contributed by atoms with Gasteiger partial charge in [-0.25, -0.2) is 4.98 Å². The second-order valence-corrected chi connectivity index (χ2v) is 5.24. The largest absolute Gasteiger partial charge is 0.481 e. The average molecular weight is 299 g/mol. The summed E-state index contributed by atoms with van der Waals surface area (Å²) in [5.74, 6) is 3.30. The number of thiazole rings is 1. The maximum atomic E-state index is 5.50. The number of terminal acetylenes is 1. The minimum Gasteiger partial charge on any atom is -0.481 e. The minimum absolute atomic E-state index is 0.283. The van der Waals surface area contributed by atoms with Gasteiger partial charge in [-0.15, -0.1) is 17.8 Å². The van der Waals surface area contributed by atoms with E-state index in [9.17, 15) is 0 Å². The van der Waals surface area contributed by atoms with Crippen molar-refractivity contribution < 1.29 is 4.74 Å². The van der Waals surface area contributed by atoms with E-state index in [0.29, 0.717) is 0 Å². The molecule has 2 rings (SSSR count). The molecule has 4 nitrogen and oxygen atoms in total. The van der Waals surface area contributed by atoms with Gasteiger partial charge in [-0.1, -0.05) is 12.8 Å². The fourth-order valence-corrected chi connectivity index (χ4v) is 2.42. The van der Waals surface area contributed by atoms with Crippen molar-refractivity contribution in [2.45, 2.75) is 20.3 Å². The fourth-order valence-electron chi connectivity index (χ4n) is 1.78. The molecule has 1 N–H and O–H groups in total. The molecule has 0 atom stereocenters. The van der Waals surface area contributed by atoms with Gasteiger partial charge in [-0.3, -0.25) is 5.43 Å². The molecule has 0 saturated heterocycles. The molecular formula is C16H17N3OS. The number of rotatable bonds is 6. The van der Waals surface area contributed by atoms with Gasteiger partial charge in [0, 0.05) is 5.38 Å². The van der Waals surface area contributed by atoms with Crippen molar-refractivity contribution in [1.29, 1.82) is 0 Å². The van der Waals surface area contributed by atoms with Gasteiger partial charge in [0.2, 0.25) is 5.13 Å². The maximum absolute atomic E-state index is 5.50. The van der Waals surface area contributed by atoms with Crippen LogP contribution in [-0.2, 0) is 6.42 Å². The molecule has 1 aromatic carbocycles. The third-order valence-electron chi connectivity index (χ3n) is 2.77. The summed E-state index contributed by atoms with van der Waals surface area (Å²) in [6.45, 7) is 4.31. The van der Waals surface area contributed by atoms with Crippen molar-refractivity contribution in [1.82, 2.24) is 4.98 Å². The second-order valence-electron chi connectivity index (χ2n) is 4.38. The van der Waals surface area contributed by atoms with Gasteiger partial charge in [-0.2, -0.15) is 5.10 Å². The molecule has 0 aliphatic carbocycles. The first-order valence-corrected chi connectivity index (χ1v) is 7.51. The van der Waals surface area contributed by atoms with Gasteiger partial charge < -0.3 is 4.74 Å². The zero-order valence-electron chi connectivity index (χ0n) is 12.1. The molecule has 21 heavy (non-hydrogen) atoms. The summed E-state index contributed by atoms with van der Waals surface area (Å²) in [7, 11) is 0. The van der Waals surface area contributed by atoms with Gasteiger partial charge in [0.25, 0.3) is 0 Å². The Morgan fingerprint density at radius 2 is 2.38 bits per heavy atom. The molecule has 0 bridgehead atoms. The second kappa shape index (κ2) is 7.46. The minimum atomic E-state index is 0.283. The van der Waals surface area contributed by atoms with Crippen molar-refractivity contribution in [2.24, 2.45) is 5.10 Å². The van der Waals surface area contributed by atoms with Crippen LogP contribution in [-0.4, -0.2) is 17.8 Å². The van der Waals surface area contributed by atoms with E-state index < -0.39 is 0 Å². The zero-order valence-corrected chi connectivity index (χ0v) is 12.9. The Morgan fingerprint density at radius 3 is 3.05 bits per heavy atom. The van der Waals surface area contributed by atoms with Crippen LogP contribution in [0.1, 0.15) is 23.7 Å². The standard InChI is InChI=1S/C16H17N3OS/c1-4-8-20-15-7-6-13(9-14(15)5-2)10-17-19-16-18-12(3)11-21-16/h1,6-7,9-11H,5,8H2,2-3H3,(H,18,19). The fraction of sp³-hybridized carbons (Fsp3) is 0.250. The van der Waals surface area contributed by atoms with Crippen LogP contribution < -0.4 is 10.2 Å². The van der Waals surface area contributed by atoms with Crippen LogP contribution in [0.2, 0.25) is 0 Å². The lowest BCUT2D eigenvalue weighted by molar-refractivity contribution is 0.366. The van der Waals surface area contributed by atoms with E-state index in [1.807, 2.05) is 30.5 Å². The van der Waals surface area contributed by atoms with Crippen molar-refractivity contribution in [2.75, 3.05) is 12.0 Å². The molecular weight excluding hydrogens is 282 g/mol. The Hall–Kier alpha value is -2.32. The van der Waals surface area contributed by atoms with E-state index in [1.165, 1.54) is 11.3 Å². The highest BCUT2D eigenvalue weighted by Gasteiger charge is 2.02. The highest BCUT2D eigenvalue weighted by molar-refractivity contribution is 7.13. The van der Waals surface area contributed by atoms with E-state index in [2.05, 4.69) is 28.4 Å². The number of aryl methyl sites for hydroxylation is 2. The molecule has 1 aromatic heterocycles. The van der Waals surface area contributed by atoms with Crippen LogP contribution in [0.5, 0.6) is 5.75 Å². The Labute approximate surface area is 128 Å². The number of nitrogens with one attached hydrogen (secondary N) is 1. The molecule has 0 amide bonds. The van der Waals surface area contributed by atoms with Crippen LogP contribution in [0.3, 0.4) is 0 Å². The molecule has 5 heteroatoms. The van der Waals surface area contributed by atoms with Crippen molar-refractivity contribution in [3.8, 4) is 18.1 Å². The lowest BCUT2D eigenvalue weighted by Gasteiger charge is -2.08. The summed E-state index contributed by atoms with van der Waals surface area (Å²) in [6, 6.07) is 5.92.